The van der Waals surface area contributed by atoms with Crippen LogP contribution in [-0.2, 0) is 14.9 Å². The van der Waals surface area contributed by atoms with Crippen molar-refractivity contribution in [2.45, 2.75) is 17.7 Å². The average Bonchev–Trinajstić information content (AvgIpc) is 2.30. The Balaban J connectivity index is 2.35. The van der Waals surface area contributed by atoms with Crippen molar-refractivity contribution in [3.05, 3.63) is 28.7 Å². The van der Waals surface area contributed by atoms with Gasteiger partial charge in [-0.05, 0) is 40.9 Å². The minimum atomic E-state index is -3.53. The van der Waals surface area contributed by atoms with Gasteiger partial charge in [0.2, 0.25) is 0 Å². The van der Waals surface area contributed by atoms with E-state index in [0.29, 0.717) is 17.6 Å². The summed E-state index contributed by atoms with van der Waals surface area (Å²) in [6.45, 7) is 0.882. The quantitative estimate of drug-likeness (QED) is 0.841. The first-order valence-corrected chi connectivity index (χ1v) is 7.26. The molecule has 1 saturated heterocycles. The van der Waals surface area contributed by atoms with E-state index >= 15 is 0 Å². The number of hydrogen-bond acceptors (Lipinski definition) is 3. The van der Waals surface area contributed by atoms with E-state index in [1.165, 1.54) is 0 Å². The van der Waals surface area contributed by atoms with Crippen molar-refractivity contribution in [2.75, 3.05) is 13.2 Å². The maximum absolute atomic E-state index is 12.2. The second kappa shape index (κ2) is 4.83. The predicted molar refractivity (Wildman–Crippen MR) is 63.2 cm³/mol. The number of hydroxylamine groups is 1. The molecule has 0 spiro atoms. The van der Waals surface area contributed by atoms with E-state index in [-0.39, 0.29) is 4.90 Å². The smallest absolute Gasteiger partial charge is 0.266 e. The lowest BCUT2D eigenvalue weighted by molar-refractivity contribution is -0.108. The molecule has 1 fully saturated rings. The van der Waals surface area contributed by atoms with E-state index in [1.807, 2.05) is 0 Å². The molecule has 0 radical (unpaired) electrons. The zero-order valence-corrected chi connectivity index (χ0v) is 11.0. The lowest BCUT2D eigenvalue weighted by Gasteiger charge is -2.25. The van der Waals surface area contributed by atoms with Crippen molar-refractivity contribution in [1.82, 2.24) is 4.47 Å². The summed E-state index contributed by atoms with van der Waals surface area (Å²) in [7, 11) is -3.53. The largest absolute Gasteiger partial charge is 0.284 e. The SMILES string of the molecule is O=S(=O)(c1ccccc1Br)N1CCCCO1. The molecule has 88 valence electrons. The monoisotopic (exact) mass is 305 g/mol. The third kappa shape index (κ3) is 2.29. The molecule has 0 aromatic heterocycles. The summed E-state index contributed by atoms with van der Waals surface area (Å²) in [6.07, 6.45) is 1.74. The van der Waals surface area contributed by atoms with Gasteiger partial charge in [-0.3, -0.25) is 4.84 Å². The van der Waals surface area contributed by atoms with Crippen LogP contribution >= 0.6 is 15.9 Å². The fourth-order valence-electron chi connectivity index (χ4n) is 1.53. The summed E-state index contributed by atoms with van der Waals surface area (Å²) in [5.41, 5.74) is 0. The highest BCUT2D eigenvalue weighted by molar-refractivity contribution is 9.10. The minimum absolute atomic E-state index is 0.247. The number of halogens is 1. The predicted octanol–water partition coefficient (Wildman–Crippen LogP) is 2.17. The van der Waals surface area contributed by atoms with Gasteiger partial charge in [-0.1, -0.05) is 16.6 Å². The lowest BCUT2D eigenvalue weighted by Crippen LogP contribution is -2.35. The Bertz CT molecular complexity index is 469. The fraction of sp³-hybridized carbons (Fsp3) is 0.400. The van der Waals surface area contributed by atoms with Crippen LogP contribution in [0.1, 0.15) is 12.8 Å². The van der Waals surface area contributed by atoms with Gasteiger partial charge in [-0.25, -0.2) is 8.42 Å². The Hall–Kier alpha value is -0.430. The molecule has 0 N–H and O–H groups in total. The molecule has 4 nitrogen and oxygen atoms in total. The number of nitrogens with zero attached hydrogens (tertiary/aromatic N) is 1. The zero-order valence-electron chi connectivity index (χ0n) is 8.60. The van der Waals surface area contributed by atoms with Gasteiger partial charge in [0.15, 0.2) is 0 Å². The van der Waals surface area contributed by atoms with Crippen LogP contribution in [-0.4, -0.2) is 26.0 Å². The normalized spacial score (nSPS) is 18.6. The second-order valence-corrected chi connectivity index (χ2v) is 6.15. The molecule has 1 heterocycles. The highest BCUT2D eigenvalue weighted by atomic mass is 79.9. The van der Waals surface area contributed by atoms with Gasteiger partial charge in [-0.15, -0.1) is 0 Å². The number of benzene rings is 1. The van der Waals surface area contributed by atoms with Gasteiger partial charge in [0.25, 0.3) is 10.0 Å². The fourth-order valence-corrected chi connectivity index (χ4v) is 3.79. The van der Waals surface area contributed by atoms with Gasteiger partial charge >= 0.3 is 0 Å². The molecule has 1 aromatic rings. The van der Waals surface area contributed by atoms with Crippen LogP contribution in [0.25, 0.3) is 0 Å². The van der Waals surface area contributed by atoms with Crippen LogP contribution in [0.2, 0.25) is 0 Å². The molecule has 16 heavy (non-hydrogen) atoms. The Morgan fingerprint density at radius 2 is 2.00 bits per heavy atom. The topological polar surface area (TPSA) is 46.6 Å². The van der Waals surface area contributed by atoms with Gasteiger partial charge in [0, 0.05) is 11.0 Å². The van der Waals surface area contributed by atoms with E-state index in [9.17, 15) is 8.42 Å². The van der Waals surface area contributed by atoms with Crippen molar-refractivity contribution in [3.8, 4) is 0 Å². The highest BCUT2D eigenvalue weighted by Gasteiger charge is 2.28. The first-order valence-electron chi connectivity index (χ1n) is 5.02. The van der Waals surface area contributed by atoms with Crippen LogP contribution in [0, 0.1) is 0 Å². The van der Waals surface area contributed by atoms with Crippen molar-refractivity contribution in [2.24, 2.45) is 0 Å². The van der Waals surface area contributed by atoms with Crippen LogP contribution in [0.4, 0.5) is 0 Å². The minimum Gasteiger partial charge on any atom is -0.284 e. The molecule has 1 aromatic carbocycles. The maximum atomic E-state index is 12.2. The van der Waals surface area contributed by atoms with Gasteiger partial charge < -0.3 is 0 Å². The molecule has 0 saturated carbocycles. The van der Waals surface area contributed by atoms with Crippen molar-refractivity contribution in [3.63, 3.8) is 0 Å². The van der Waals surface area contributed by atoms with E-state index in [4.69, 9.17) is 4.84 Å². The Morgan fingerprint density at radius 1 is 1.25 bits per heavy atom. The Kier molecular flexibility index (Phi) is 3.63. The van der Waals surface area contributed by atoms with E-state index in [2.05, 4.69) is 15.9 Å². The van der Waals surface area contributed by atoms with Crippen molar-refractivity contribution in [1.29, 1.82) is 0 Å². The Labute approximate surface area is 103 Å². The molecular formula is C10H12BrNO3S. The summed E-state index contributed by atoms with van der Waals surface area (Å²) >= 11 is 3.24. The van der Waals surface area contributed by atoms with Crippen LogP contribution in [0.15, 0.2) is 33.6 Å². The number of hydrogen-bond donors (Lipinski definition) is 0. The maximum Gasteiger partial charge on any atom is 0.266 e. The summed E-state index contributed by atoms with van der Waals surface area (Å²) in [4.78, 5) is 5.42. The van der Waals surface area contributed by atoms with Gasteiger partial charge in [0.05, 0.1) is 11.5 Å². The molecule has 0 bridgehead atoms. The summed E-state index contributed by atoms with van der Waals surface area (Å²) in [5.74, 6) is 0. The zero-order chi connectivity index (χ0) is 11.6. The van der Waals surface area contributed by atoms with Crippen LogP contribution in [0.3, 0.4) is 0 Å². The van der Waals surface area contributed by atoms with Gasteiger partial charge in [0.1, 0.15) is 0 Å². The van der Waals surface area contributed by atoms with E-state index in [0.717, 1.165) is 17.3 Å². The molecule has 0 amide bonds. The number of sulfonamides is 1. The molecular weight excluding hydrogens is 294 g/mol. The summed E-state index contributed by atoms with van der Waals surface area (Å²) in [6, 6.07) is 6.75. The molecule has 6 heteroatoms. The van der Waals surface area contributed by atoms with Crippen LogP contribution in [0.5, 0.6) is 0 Å². The first kappa shape index (κ1) is 12.0. The second-order valence-electron chi connectivity index (χ2n) is 3.50. The highest BCUT2D eigenvalue weighted by Crippen LogP contribution is 2.26. The molecule has 2 rings (SSSR count). The molecule has 1 aliphatic heterocycles. The molecule has 1 aliphatic rings. The van der Waals surface area contributed by atoms with E-state index < -0.39 is 10.0 Å². The van der Waals surface area contributed by atoms with Crippen LogP contribution < -0.4 is 0 Å². The lowest BCUT2D eigenvalue weighted by atomic mass is 10.3. The molecule has 0 aliphatic carbocycles. The van der Waals surface area contributed by atoms with E-state index in [1.54, 1.807) is 24.3 Å². The van der Waals surface area contributed by atoms with Crippen molar-refractivity contribution >= 4 is 26.0 Å². The standard InChI is InChI=1S/C10H12BrNO3S/c11-9-5-1-2-6-10(9)16(13,14)12-7-3-4-8-15-12/h1-2,5-6H,3-4,7-8H2. The summed E-state index contributed by atoms with van der Waals surface area (Å²) in [5, 5.41) is 0. The molecule has 0 atom stereocenters. The van der Waals surface area contributed by atoms with Crippen molar-refractivity contribution < 1.29 is 13.3 Å². The first-order chi connectivity index (χ1) is 7.62. The third-order valence-electron chi connectivity index (χ3n) is 2.35. The number of rotatable bonds is 2. The third-order valence-corrected chi connectivity index (χ3v) is 5.04. The van der Waals surface area contributed by atoms with Gasteiger partial charge in [-0.2, -0.15) is 0 Å². The summed E-state index contributed by atoms with van der Waals surface area (Å²) < 4.78 is 26.0. The Morgan fingerprint density at radius 3 is 2.62 bits per heavy atom. The molecule has 0 unspecified atom stereocenters. The average molecular weight is 306 g/mol.